The average Bonchev–Trinajstić information content (AvgIpc) is 3.16. The van der Waals surface area contributed by atoms with Crippen molar-refractivity contribution in [1.29, 1.82) is 0 Å². The standard InChI is InChI=1S/C26H18F5NO5/c1-12-8-15(36-18(33)11-35-26-23(30)21(28)20(27)22(29)24(26)31)10-16-19(12)25(34)17(37-16)9-13-4-6-14(7-5-13)32(2)3/h4-10H,11H2,1-3H3/b17-9-. The van der Waals surface area contributed by atoms with E-state index in [0.29, 0.717) is 5.56 Å². The van der Waals surface area contributed by atoms with Gasteiger partial charge >= 0.3 is 5.97 Å². The molecule has 1 aliphatic heterocycles. The Morgan fingerprint density at radius 2 is 1.54 bits per heavy atom. The lowest BCUT2D eigenvalue weighted by molar-refractivity contribution is -0.136. The number of Topliss-reactive ketones (excluding diaryl/α,β-unsaturated/α-hetero) is 1. The SMILES string of the molecule is Cc1cc(OC(=O)COc2c(F)c(F)c(F)c(F)c2F)cc2c1C(=O)/C(=C/c1ccc(N(C)C)cc1)O2. The van der Waals surface area contributed by atoms with Crippen LogP contribution in [0.15, 0.2) is 42.2 Å². The number of halogens is 5. The first-order valence-corrected chi connectivity index (χ1v) is 10.7. The molecule has 1 heterocycles. The summed E-state index contributed by atoms with van der Waals surface area (Å²) in [4.78, 5) is 26.9. The summed E-state index contributed by atoms with van der Waals surface area (Å²) in [6.07, 6.45) is 1.56. The van der Waals surface area contributed by atoms with Gasteiger partial charge in [0.05, 0.1) is 5.56 Å². The number of esters is 1. The van der Waals surface area contributed by atoms with Gasteiger partial charge in [-0.05, 0) is 42.3 Å². The zero-order chi connectivity index (χ0) is 27.0. The quantitative estimate of drug-likeness (QED) is 0.109. The zero-order valence-electron chi connectivity index (χ0n) is 19.6. The number of carbonyl (C=O) groups is 2. The van der Waals surface area contributed by atoms with Crippen LogP contribution in [0.1, 0.15) is 21.5 Å². The maximum Gasteiger partial charge on any atom is 0.349 e. The van der Waals surface area contributed by atoms with E-state index in [-0.39, 0.29) is 28.6 Å². The second kappa shape index (κ2) is 9.92. The normalized spacial score (nSPS) is 13.4. The first-order valence-electron chi connectivity index (χ1n) is 10.7. The minimum absolute atomic E-state index is 0.0498. The number of hydrogen-bond donors (Lipinski definition) is 0. The molecule has 11 heteroatoms. The van der Waals surface area contributed by atoms with Gasteiger partial charge < -0.3 is 19.1 Å². The van der Waals surface area contributed by atoms with Crippen molar-refractivity contribution in [2.24, 2.45) is 0 Å². The average molecular weight is 519 g/mol. The Kier molecular flexibility index (Phi) is 6.88. The van der Waals surface area contributed by atoms with Crippen LogP contribution in [0.5, 0.6) is 17.2 Å². The van der Waals surface area contributed by atoms with Crippen LogP contribution in [-0.2, 0) is 4.79 Å². The first kappa shape index (κ1) is 25.7. The number of allylic oxidation sites excluding steroid dienone is 1. The molecule has 0 radical (unpaired) electrons. The van der Waals surface area contributed by atoms with E-state index in [1.807, 2.05) is 43.3 Å². The van der Waals surface area contributed by atoms with Gasteiger partial charge in [-0.1, -0.05) is 12.1 Å². The zero-order valence-corrected chi connectivity index (χ0v) is 19.6. The summed E-state index contributed by atoms with van der Waals surface area (Å²) < 4.78 is 82.3. The molecule has 0 aliphatic carbocycles. The summed E-state index contributed by atoms with van der Waals surface area (Å²) >= 11 is 0. The van der Waals surface area contributed by atoms with E-state index >= 15 is 0 Å². The third kappa shape index (κ3) is 4.97. The van der Waals surface area contributed by atoms with Crippen LogP contribution in [0, 0.1) is 36.0 Å². The van der Waals surface area contributed by atoms with Gasteiger partial charge in [0.1, 0.15) is 11.5 Å². The Labute approximate surface area is 207 Å². The molecular formula is C26H18F5NO5. The van der Waals surface area contributed by atoms with Gasteiger partial charge in [0.15, 0.2) is 18.1 Å². The lowest BCUT2D eigenvalue weighted by Crippen LogP contribution is -2.19. The molecule has 0 fully saturated rings. The van der Waals surface area contributed by atoms with Crippen molar-refractivity contribution in [3.05, 3.63) is 87.9 Å². The van der Waals surface area contributed by atoms with Crippen LogP contribution in [0.2, 0.25) is 0 Å². The topological polar surface area (TPSA) is 65.1 Å². The van der Waals surface area contributed by atoms with Gasteiger partial charge in [0.2, 0.25) is 34.9 Å². The van der Waals surface area contributed by atoms with Crippen molar-refractivity contribution < 1.29 is 45.8 Å². The van der Waals surface area contributed by atoms with Crippen molar-refractivity contribution in [3.63, 3.8) is 0 Å². The second-order valence-corrected chi connectivity index (χ2v) is 8.20. The molecule has 0 saturated heterocycles. The second-order valence-electron chi connectivity index (χ2n) is 8.20. The third-order valence-electron chi connectivity index (χ3n) is 5.39. The molecule has 0 aromatic heterocycles. The van der Waals surface area contributed by atoms with E-state index in [2.05, 4.69) is 4.74 Å². The Morgan fingerprint density at radius 1 is 0.946 bits per heavy atom. The number of nitrogens with zero attached hydrogens (tertiary/aromatic N) is 1. The Hall–Kier alpha value is -4.41. The minimum atomic E-state index is -2.35. The first-order chi connectivity index (χ1) is 17.5. The highest BCUT2D eigenvalue weighted by Crippen LogP contribution is 2.38. The number of benzene rings is 3. The van der Waals surface area contributed by atoms with Crippen molar-refractivity contribution in [3.8, 4) is 17.2 Å². The molecule has 3 aromatic carbocycles. The number of hydrogen-bond acceptors (Lipinski definition) is 6. The lowest BCUT2D eigenvalue weighted by atomic mass is 10.0. The van der Waals surface area contributed by atoms with Gasteiger partial charge in [-0.3, -0.25) is 4.79 Å². The van der Waals surface area contributed by atoms with E-state index < -0.39 is 47.4 Å². The van der Waals surface area contributed by atoms with Crippen LogP contribution >= 0.6 is 0 Å². The van der Waals surface area contributed by atoms with Crippen molar-refractivity contribution in [1.82, 2.24) is 0 Å². The van der Waals surface area contributed by atoms with Gasteiger partial charge in [-0.15, -0.1) is 0 Å². The van der Waals surface area contributed by atoms with Crippen molar-refractivity contribution >= 4 is 23.5 Å². The number of fused-ring (bicyclic) bond motifs is 1. The molecule has 0 saturated carbocycles. The van der Waals surface area contributed by atoms with Crippen LogP contribution in [0.3, 0.4) is 0 Å². The molecule has 0 N–H and O–H groups in total. The fourth-order valence-electron chi connectivity index (χ4n) is 3.56. The van der Waals surface area contributed by atoms with Crippen LogP contribution in [0.4, 0.5) is 27.6 Å². The van der Waals surface area contributed by atoms with E-state index in [9.17, 15) is 31.5 Å². The summed E-state index contributed by atoms with van der Waals surface area (Å²) in [5.41, 5.74) is 2.36. The fraction of sp³-hybridized carbons (Fsp3) is 0.154. The van der Waals surface area contributed by atoms with Crippen LogP contribution in [-0.4, -0.2) is 32.5 Å². The molecule has 6 nitrogen and oxygen atoms in total. The molecule has 0 atom stereocenters. The Balaban J connectivity index is 1.48. The van der Waals surface area contributed by atoms with E-state index in [1.165, 1.54) is 12.1 Å². The molecule has 0 amide bonds. The summed E-state index contributed by atoms with van der Waals surface area (Å²) in [5, 5.41) is 0. The third-order valence-corrected chi connectivity index (χ3v) is 5.39. The highest BCUT2D eigenvalue weighted by Gasteiger charge is 2.31. The molecule has 4 rings (SSSR count). The smallest absolute Gasteiger partial charge is 0.349 e. The molecule has 3 aromatic rings. The summed E-state index contributed by atoms with van der Waals surface area (Å²) in [6, 6.07) is 9.98. The number of anilines is 1. The number of carbonyl (C=O) groups excluding carboxylic acids is 2. The van der Waals surface area contributed by atoms with E-state index in [1.54, 1.807) is 13.0 Å². The Morgan fingerprint density at radius 3 is 2.14 bits per heavy atom. The highest BCUT2D eigenvalue weighted by atomic mass is 19.2. The van der Waals surface area contributed by atoms with Gasteiger partial charge in [-0.25, -0.2) is 18.0 Å². The van der Waals surface area contributed by atoms with Crippen molar-refractivity contribution in [2.45, 2.75) is 6.92 Å². The minimum Gasteiger partial charge on any atom is -0.476 e. The fourth-order valence-corrected chi connectivity index (χ4v) is 3.56. The van der Waals surface area contributed by atoms with E-state index in [4.69, 9.17) is 9.47 Å². The maximum absolute atomic E-state index is 13.7. The molecule has 1 aliphatic rings. The lowest BCUT2D eigenvalue weighted by Gasteiger charge is -2.11. The van der Waals surface area contributed by atoms with Gasteiger partial charge in [-0.2, -0.15) is 8.78 Å². The summed E-state index contributed by atoms with van der Waals surface area (Å²) in [5.74, 6) is -14.3. The predicted molar refractivity (Wildman–Crippen MR) is 122 cm³/mol. The number of ether oxygens (including phenoxy) is 3. The number of aryl methyl sites for hydroxylation is 1. The molecule has 192 valence electrons. The van der Waals surface area contributed by atoms with E-state index in [0.717, 1.165) is 11.3 Å². The molecule has 0 unspecified atom stereocenters. The Bertz CT molecular complexity index is 1420. The summed E-state index contributed by atoms with van der Waals surface area (Å²) in [6.45, 7) is 0.417. The van der Waals surface area contributed by atoms with Crippen LogP contribution in [0.25, 0.3) is 6.08 Å². The number of ketones is 1. The maximum atomic E-state index is 13.7. The monoisotopic (exact) mass is 519 g/mol. The van der Waals surface area contributed by atoms with Gasteiger partial charge in [0, 0.05) is 25.8 Å². The predicted octanol–water partition coefficient (Wildman–Crippen LogP) is 5.36. The van der Waals surface area contributed by atoms with Gasteiger partial charge in [0.25, 0.3) is 0 Å². The number of rotatable bonds is 6. The molecular weight excluding hydrogens is 501 g/mol. The van der Waals surface area contributed by atoms with Crippen LogP contribution < -0.4 is 19.1 Å². The largest absolute Gasteiger partial charge is 0.476 e. The molecule has 37 heavy (non-hydrogen) atoms. The molecule has 0 spiro atoms. The highest BCUT2D eigenvalue weighted by molar-refractivity contribution is 6.15. The molecule has 0 bridgehead atoms. The summed E-state index contributed by atoms with van der Waals surface area (Å²) in [7, 11) is 3.79. The van der Waals surface area contributed by atoms with Crippen molar-refractivity contribution in [2.75, 3.05) is 25.6 Å².